The van der Waals surface area contributed by atoms with E-state index in [9.17, 15) is 18.0 Å². The number of primary amides is 1. The molecule has 4 N–H and O–H groups in total. The number of ether oxygens (including phenoxy) is 1. The van der Waals surface area contributed by atoms with Crippen LogP contribution in [-0.4, -0.2) is 25.5 Å². The van der Waals surface area contributed by atoms with Gasteiger partial charge < -0.3 is 21.1 Å². The van der Waals surface area contributed by atoms with Crippen LogP contribution in [0, 0.1) is 0 Å². The summed E-state index contributed by atoms with van der Waals surface area (Å²) in [5.41, 5.74) is 5.65. The average molecular weight is 356 g/mol. The molecule has 1 aromatic carbocycles. The maximum Gasteiger partial charge on any atom is 0.573 e. The molecule has 1 rings (SSSR count). The van der Waals surface area contributed by atoms with Crippen molar-refractivity contribution in [2.75, 3.05) is 13.1 Å². The van der Waals surface area contributed by atoms with Crippen molar-refractivity contribution in [3.63, 3.8) is 0 Å². The van der Waals surface area contributed by atoms with Crippen molar-refractivity contribution in [1.82, 2.24) is 10.6 Å². The molecule has 0 saturated carbocycles. The Hall–Kier alpha value is -1.48. The number of alkyl halides is 3. The summed E-state index contributed by atoms with van der Waals surface area (Å²) in [7, 11) is 0. The van der Waals surface area contributed by atoms with Crippen LogP contribution in [-0.2, 0) is 6.54 Å². The van der Waals surface area contributed by atoms with Gasteiger partial charge in [0.05, 0.1) is 4.47 Å². The van der Waals surface area contributed by atoms with Gasteiger partial charge in [-0.05, 0) is 33.6 Å². The zero-order chi connectivity index (χ0) is 15.2. The van der Waals surface area contributed by atoms with E-state index in [4.69, 9.17) is 5.73 Å². The standard InChI is InChI=1S/C11H13BrF3N3O2/c12-8-5-7(6-17-3-4-18-10(16)19)1-2-9(8)20-11(13,14)15/h1-2,5,17H,3-4,6H2,(H3,16,18,19). The van der Waals surface area contributed by atoms with Crippen molar-refractivity contribution < 1.29 is 22.7 Å². The number of rotatable bonds is 6. The largest absolute Gasteiger partial charge is 0.573 e. The molecule has 0 saturated heterocycles. The number of hydrogen-bond donors (Lipinski definition) is 3. The topological polar surface area (TPSA) is 76.4 Å². The molecular formula is C11H13BrF3N3O2. The maximum atomic E-state index is 12.1. The van der Waals surface area contributed by atoms with E-state index in [0.29, 0.717) is 19.6 Å². The van der Waals surface area contributed by atoms with E-state index in [2.05, 4.69) is 31.3 Å². The van der Waals surface area contributed by atoms with E-state index in [-0.39, 0.29) is 10.2 Å². The number of carbonyl (C=O) groups excluding carboxylic acids is 1. The van der Waals surface area contributed by atoms with Crippen LogP contribution in [0.4, 0.5) is 18.0 Å². The molecule has 0 unspecified atom stereocenters. The van der Waals surface area contributed by atoms with Crippen LogP contribution in [0.3, 0.4) is 0 Å². The fourth-order valence-corrected chi connectivity index (χ4v) is 1.88. The number of halogens is 4. The van der Waals surface area contributed by atoms with Crippen LogP contribution < -0.4 is 21.1 Å². The van der Waals surface area contributed by atoms with Gasteiger partial charge >= 0.3 is 12.4 Å². The lowest BCUT2D eigenvalue weighted by atomic mass is 10.2. The van der Waals surface area contributed by atoms with Crippen LogP contribution >= 0.6 is 15.9 Å². The Kier molecular flexibility index (Phi) is 6.08. The van der Waals surface area contributed by atoms with Gasteiger partial charge in [-0.25, -0.2) is 4.79 Å². The molecule has 0 heterocycles. The molecular weight excluding hydrogens is 343 g/mol. The summed E-state index contributed by atoms with van der Waals surface area (Å²) < 4.78 is 40.3. The number of hydrogen-bond acceptors (Lipinski definition) is 3. The smallest absolute Gasteiger partial charge is 0.405 e. The third kappa shape index (κ3) is 6.62. The van der Waals surface area contributed by atoms with Gasteiger partial charge in [-0.15, -0.1) is 13.2 Å². The highest BCUT2D eigenvalue weighted by Gasteiger charge is 2.31. The predicted molar refractivity (Wildman–Crippen MR) is 70.1 cm³/mol. The van der Waals surface area contributed by atoms with E-state index in [1.165, 1.54) is 18.2 Å². The molecule has 20 heavy (non-hydrogen) atoms. The van der Waals surface area contributed by atoms with E-state index >= 15 is 0 Å². The predicted octanol–water partition coefficient (Wildman–Crippen LogP) is 2.11. The normalized spacial score (nSPS) is 11.2. The number of urea groups is 1. The molecule has 0 aliphatic heterocycles. The molecule has 0 bridgehead atoms. The van der Waals surface area contributed by atoms with Gasteiger partial charge in [-0.2, -0.15) is 0 Å². The van der Waals surface area contributed by atoms with Crippen molar-refractivity contribution in [3.8, 4) is 5.75 Å². The Morgan fingerprint density at radius 1 is 1.35 bits per heavy atom. The number of nitrogens with one attached hydrogen (secondary N) is 2. The fourth-order valence-electron chi connectivity index (χ4n) is 1.37. The highest BCUT2D eigenvalue weighted by atomic mass is 79.9. The molecule has 112 valence electrons. The lowest BCUT2D eigenvalue weighted by Gasteiger charge is -2.12. The van der Waals surface area contributed by atoms with Crippen molar-refractivity contribution in [2.24, 2.45) is 5.73 Å². The van der Waals surface area contributed by atoms with Crippen molar-refractivity contribution >= 4 is 22.0 Å². The molecule has 2 amide bonds. The lowest BCUT2D eigenvalue weighted by Crippen LogP contribution is -2.35. The zero-order valence-corrected chi connectivity index (χ0v) is 11.8. The second kappa shape index (κ2) is 7.34. The van der Waals surface area contributed by atoms with E-state index in [0.717, 1.165) is 5.56 Å². The second-order valence-corrected chi connectivity index (χ2v) is 4.63. The number of nitrogens with two attached hydrogens (primary N) is 1. The van der Waals surface area contributed by atoms with Crippen LogP contribution in [0.2, 0.25) is 0 Å². The van der Waals surface area contributed by atoms with Crippen LogP contribution in [0.1, 0.15) is 5.56 Å². The van der Waals surface area contributed by atoms with E-state index in [1.54, 1.807) is 0 Å². The Balaban J connectivity index is 2.45. The Morgan fingerprint density at radius 3 is 2.60 bits per heavy atom. The van der Waals surface area contributed by atoms with Crippen LogP contribution in [0.5, 0.6) is 5.75 Å². The minimum Gasteiger partial charge on any atom is -0.405 e. The molecule has 5 nitrogen and oxygen atoms in total. The maximum absolute atomic E-state index is 12.1. The molecule has 0 aliphatic carbocycles. The monoisotopic (exact) mass is 355 g/mol. The lowest BCUT2D eigenvalue weighted by molar-refractivity contribution is -0.274. The Bertz CT molecular complexity index is 469. The summed E-state index contributed by atoms with van der Waals surface area (Å²) >= 11 is 3.02. The second-order valence-electron chi connectivity index (χ2n) is 3.78. The first-order valence-corrected chi connectivity index (χ1v) is 6.35. The van der Waals surface area contributed by atoms with Gasteiger partial charge in [0.2, 0.25) is 0 Å². The molecule has 0 fully saturated rings. The Morgan fingerprint density at radius 2 is 2.05 bits per heavy atom. The molecule has 0 atom stereocenters. The molecule has 0 aromatic heterocycles. The van der Waals surface area contributed by atoms with Gasteiger partial charge in [0.25, 0.3) is 0 Å². The first-order chi connectivity index (χ1) is 9.28. The molecule has 1 aromatic rings. The highest BCUT2D eigenvalue weighted by Crippen LogP contribution is 2.30. The van der Waals surface area contributed by atoms with Gasteiger partial charge in [0.1, 0.15) is 5.75 Å². The number of benzene rings is 1. The minimum atomic E-state index is -4.72. The summed E-state index contributed by atoms with van der Waals surface area (Å²) in [6.45, 7) is 1.29. The third-order valence-electron chi connectivity index (χ3n) is 2.15. The SMILES string of the molecule is NC(=O)NCCNCc1ccc(OC(F)(F)F)c(Br)c1. The van der Waals surface area contributed by atoms with Crippen molar-refractivity contribution in [2.45, 2.75) is 12.9 Å². The summed E-state index contributed by atoms with van der Waals surface area (Å²) in [6.07, 6.45) is -4.72. The summed E-state index contributed by atoms with van der Waals surface area (Å²) in [5.74, 6) is -0.295. The Labute approximate surface area is 121 Å². The highest BCUT2D eigenvalue weighted by molar-refractivity contribution is 9.10. The van der Waals surface area contributed by atoms with Crippen molar-refractivity contribution in [1.29, 1.82) is 0 Å². The zero-order valence-electron chi connectivity index (χ0n) is 10.3. The van der Waals surface area contributed by atoms with Gasteiger partial charge in [0, 0.05) is 19.6 Å². The summed E-state index contributed by atoms with van der Waals surface area (Å²) in [5, 5.41) is 5.40. The van der Waals surface area contributed by atoms with Crippen LogP contribution in [0.15, 0.2) is 22.7 Å². The van der Waals surface area contributed by atoms with Gasteiger partial charge in [0.15, 0.2) is 0 Å². The van der Waals surface area contributed by atoms with Gasteiger partial charge in [-0.3, -0.25) is 0 Å². The minimum absolute atomic E-state index is 0.212. The molecule has 0 aliphatic rings. The van der Waals surface area contributed by atoms with Crippen LogP contribution in [0.25, 0.3) is 0 Å². The average Bonchev–Trinajstić information content (AvgIpc) is 2.30. The van der Waals surface area contributed by atoms with Crippen molar-refractivity contribution in [3.05, 3.63) is 28.2 Å². The first kappa shape index (κ1) is 16.6. The third-order valence-corrected chi connectivity index (χ3v) is 2.77. The summed E-state index contributed by atoms with van der Waals surface area (Å²) in [4.78, 5) is 10.4. The van der Waals surface area contributed by atoms with E-state index < -0.39 is 12.4 Å². The van der Waals surface area contributed by atoms with E-state index in [1.807, 2.05) is 0 Å². The number of carbonyl (C=O) groups is 1. The quantitative estimate of drug-likeness (QED) is 0.684. The first-order valence-electron chi connectivity index (χ1n) is 5.56. The number of amides is 2. The van der Waals surface area contributed by atoms with Gasteiger partial charge in [-0.1, -0.05) is 6.07 Å². The molecule has 9 heteroatoms. The summed E-state index contributed by atoms with van der Waals surface area (Å²) in [6, 6.07) is 3.66. The molecule has 0 spiro atoms. The molecule has 0 radical (unpaired) electrons. The fraction of sp³-hybridized carbons (Fsp3) is 0.364.